The summed E-state index contributed by atoms with van der Waals surface area (Å²) in [6, 6.07) is 8.90. The molecule has 2 aromatic carbocycles. The predicted octanol–water partition coefficient (Wildman–Crippen LogP) is -0.463. The molecule has 142 valence electrons. The number of fused-ring (bicyclic) bond motifs is 1. The van der Waals surface area contributed by atoms with Gasteiger partial charge in [-0.3, -0.25) is 5.10 Å². The van der Waals surface area contributed by atoms with Gasteiger partial charge in [0.05, 0.1) is 40.0 Å². The van der Waals surface area contributed by atoms with Crippen molar-refractivity contribution in [1.82, 2.24) is 20.5 Å². The Morgan fingerprint density at radius 1 is 1.22 bits per heavy atom. The van der Waals surface area contributed by atoms with Gasteiger partial charge in [-0.1, -0.05) is 18.2 Å². The van der Waals surface area contributed by atoms with Crippen molar-refractivity contribution < 1.29 is 9.11 Å². The number of nitrogens with one attached hydrogen (secondary N) is 3. The Morgan fingerprint density at radius 3 is 2.67 bits per heavy atom. The SMILES string of the molecule is CN[S+]([O-])c1ccc(-c2cccc3cn[nH]c23)c(/C(N)=N/NN)c1[S+](N)[O-]. The van der Waals surface area contributed by atoms with Gasteiger partial charge in [0.25, 0.3) is 0 Å². The van der Waals surface area contributed by atoms with E-state index in [1.54, 1.807) is 18.3 Å². The van der Waals surface area contributed by atoms with E-state index in [0.29, 0.717) is 5.56 Å². The van der Waals surface area contributed by atoms with Crippen molar-refractivity contribution in [3.05, 3.63) is 42.1 Å². The van der Waals surface area contributed by atoms with Gasteiger partial charge in [-0.05, 0) is 6.07 Å². The maximum atomic E-state index is 12.4. The molecule has 0 aliphatic heterocycles. The van der Waals surface area contributed by atoms with Crippen LogP contribution in [0.1, 0.15) is 5.56 Å². The fourth-order valence-electron chi connectivity index (χ4n) is 2.82. The van der Waals surface area contributed by atoms with Crippen molar-refractivity contribution in [2.24, 2.45) is 21.8 Å². The smallest absolute Gasteiger partial charge is 0.241 e. The first kappa shape index (κ1) is 19.4. The molecular weight excluding hydrogens is 388 g/mol. The molecule has 9 N–H and O–H groups in total. The van der Waals surface area contributed by atoms with Crippen molar-refractivity contribution in [3.8, 4) is 11.1 Å². The van der Waals surface area contributed by atoms with E-state index in [1.165, 1.54) is 7.05 Å². The molecular formula is C15H18N8O2S2. The molecule has 12 heteroatoms. The Bertz CT molecular complexity index is 991. The van der Waals surface area contributed by atoms with Crippen LogP contribution in [0.5, 0.6) is 0 Å². The van der Waals surface area contributed by atoms with Crippen LogP contribution < -0.4 is 27.0 Å². The van der Waals surface area contributed by atoms with Crippen LogP contribution in [-0.2, 0) is 22.7 Å². The Hall–Kier alpha value is -2.32. The molecule has 0 fully saturated rings. The number of H-pyrrole nitrogens is 1. The number of rotatable bonds is 6. The van der Waals surface area contributed by atoms with Crippen LogP contribution in [0.2, 0.25) is 0 Å². The van der Waals surface area contributed by atoms with E-state index in [9.17, 15) is 9.11 Å². The highest BCUT2D eigenvalue weighted by molar-refractivity contribution is 7.92. The molecule has 0 radical (unpaired) electrons. The Kier molecular flexibility index (Phi) is 5.86. The third-order valence-electron chi connectivity index (χ3n) is 3.92. The quantitative estimate of drug-likeness (QED) is 0.104. The van der Waals surface area contributed by atoms with Crippen LogP contribution in [-0.4, -0.2) is 32.2 Å². The van der Waals surface area contributed by atoms with Crippen molar-refractivity contribution in [3.63, 3.8) is 0 Å². The summed E-state index contributed by atoms with van der Waals surface area (Å²) in [5.74, 6) is 5.22. The molecule has 1 aromatic heterocycles. The van der Waals surface area contributed by atoms with Gasteiger partial charge in [-0.15, -0.1) is 15.0 Å². The summed E-state index contributed by atoms with van der Waals surface area (Å²) in [6.45, 7) is 0. The van der Waals surface area contributed by atoms with Gasteiger partial charge in [0, 0.05) is 29.6 Å². The zero-order valence-electron chi connectivity index (χ0n) is 14.2. The third-order valence-corrected chi connectivity index (χ3v) is 5.98. The Balaban J connectivity index is 2.39. The first-order valence-electron chi connectivity index (χ1n) is 7.63. The van der Waals surface area contributed by atoms with Gasteiger partial charge in [-0.2, -0.15) is 5.10 Å². The van der Waals surface area contributed by atoms with E-state index in [-0.39, 0.29) is 21.2 Å². The zero-order valence-corrected chi connectivity index (χ0v) is 15.9. The van der Waals surface area contributed by atoms with Crippen LogP contribution in [0.4, 0.5) is 0 Å². The summed E-state index contributed by atoms with van der Waals surface area (Å²) in [6.07, 6.45) is 1.68. The van der Waals surface area contributed by atoms with E-state index in [1.807, 2.05) is 18.2 Å². The van der Waals surface area contributed by atoms with Gasteiger partial charge < -0.3 is 14.8 Å². The molecule has 0 bridgehead atoms. The fourth-order valence-corrected chi connectivity index (χ4v) is 4.65. The average Bonchev–Trinajstić information content (AvgIpc) is 3.15. The number of aromatic amines is 1. The lowest BCUT2D eigenvalue weighted by atomic mass is 9.97. The summed E-state index contributed by atoms with van der Waals surface area (Å²) in [5.41, 5.74) is 10.6. The highest BCUT2D eigenvalue weighted by Crippen LogP contribution is 2.35. The Morgan fingerprint density at radius 2 is 2.00 bits per heavy atom. The van der Waals surface area contributed by atoms with Gasteiger partial charge in [0.1, 0.15) is 0 Å². The summed E-state index contributed by atoms with van der Waals surface area (Å²) in [7, 11) is 1.51. The predicted molar refractivity (Wildman–Crippen MR) is 106 cm³/mol. The number of amidine groups is 1. The topological polar surface area (TPSA) is 189 Å². The lowest BCUT2D eigenvalue weighted by Crippen LogP contribution is -2.30. The Labute approximate surface area is 161 Å². The molecule has 2 atom stereocenters. The van der Waals surface area contributed by atoms with E-state index >= 15 is 0 Å². The van der Waals surface area contributed by atoms with Gasteiger partial charge in [0.15, 0.2) is 5.84 Å². The van der Waals surface area contributed by atoms with E-state index in [0.717, 1.165) is 16.5 Å². The zero-order chi connectivity index (χ0) is 19.6. The molecule has 0 aliphatic rings. The second-order valence-corrected chi connectivity index (χ2v) is 7.74. The number of nitrogens with two attached hydrogens (primary N) is 3. The molecule has 3 rings (SSSR count). The number of hydrazone groups is 1. The normalized spacial score (nSPS) is 14.3. The summed E-state index contributed by atoms with van der Waals surface area (Å²) < 4.78 is 27.3. The number of aromatic nitrogens is 2. The molecule has 0 spiro atoms. The van der Waals surface area contributed by atoms with Crippen LogP contribution in [0.25, 0.3) is 22.0 Å². The van der Waals surface area contributed by atoms with Crippen LogP contribution >= 0.6 is 0 Å². The van der Waals surface area contributed by atoms with Gasteiger partial charge in [-0.25, -0.2) is 11.4 Å². The second-order valence-electron chi connectivity index (χ2n) is 5.35. The molecule has 0 saturated heterocycles. The first-order valence-corrected chi connectivity index (χ1v) is 9.99. The number of hydrogen-bond acceptors (Lipinski definition) is 8. The van der Waals surface area contributed by atoms with Crippen molar-refractivity contribution >= 4 is 39.5 Å². The van der Waals surface area contributed by atoms with Crippen LogP contribution in [0.15, 0.2) is 51.4 Å². The standard InChI is InChI=1S/C15H18N8O2S2/c1-19-27(25)11-6-5-9(10-4-2-3-8-7-20-21-13(8)10)12(14(11)26(18)24)15(16)22-23-17/h2-7,19,23H,17-18H2,1H3,(H2,16,22)(H,20,21). The molecule has 0 saturated carbocycles. The van der Waals surface area contributed by atoms with Crippen molar-refractivity contribution in [1.29, 1.82) is 0 Å². The van der Waals surface area contributed by atoms with E-state index in [2.05, 4.69) is 25.6 Å². The second kappa shape index (κ2) is 8.14. The first-order chi connectivity index (χ1) is 13.0. The largest absolute Gasteiger partial charge is 0.593 e. The maximum absolute atomic E-state index is 12.4. The number of hydrogen-bond donors (Lipinski definition) is 6. The van der Waals surface area contributed by atoms with Crippen molar-refractivity contribution in [2.45, 2.75) is 9.79 Å². The number of para-hydroxylation sites is 1. The minimum absolute atomic E-state index is 0.0484. The molecule has 2 unspecified atom stereocenters. The fraction of sp³-hybridized carbons (Fsp3) is 0.0667. The summed E-state index contributed by atoms with van der Waals surface area (Å²) >= 11 is -3.64. The van der Waals surface area contributed by atoms with Crippen LogP contribution in [0.3, 0.4) is 0 Å². The van der Waals surface area contributed by atoms with Gasteiger partial charge in [0.2, 0.25) is 9.79 Å². The van der Waals surface area contributed by atoms with E-state index in [4.69, 9.17) is 16.7 Å². The number of nitrogens with zero attached hydrogens (tertiary/aromatic N) is 2. The highest BCUT2D eigenvalue weighted by Gasteiger charge is 2.32. The number of benzene rings is 2. The third kappa shape index (κ3) is 3.59. The minimum atomic E-state index is -1.99. The molecule has 1 heterocycles. The molecule has 0 amide bonds. The maximum Gasteiger partial charge on any atom is 0.241 e. The van der Waals surface area contributed by atoms with Gasteiger partial charge >= 0.3 is 0 Å². The lowest BCUT2D eigenvalue weighted by Gasteiger charge is -2.18. The molecule has 3 aromatic rings. The van der Waals surface area contributed by atoms with Crippen LogP contribution in [0, 0.1) is 0 Å². The minimum Gasteiger partial charge on any atom is -0.593 e. The average molecular weight is 406 g/mol. The molecule has 0 aliphatic carbocycles. The summed E-state index contributed by atoms with van der Waals surface area (Å²) in [5, 5.41) is 17.4. The lowest BCUT2D eigenvalue weighted by molar-refractivity contribution is 0.578. The van der Waals surface area contributed by atoms with E-state index < -0.39 is 22.7 Å². The monoisotopic (exact) mass is 406 g/mol. The highest BCUT2D eigenvalue weighted by atomic mass is 32.2. The molecule has 27 heavy (non-hydrogen) atoms. The number of hydrazine groups is 1. The van der Waals surface area contributed by atoms with Crippen molar-refractivity contribution in [2.75, 3.05) is 7.05 Å². The molecule has 10 nitrogen and oxygen atoms in total. The summed E-state index contributed by atoms with van der Waals surface area (Å²) in [4.78, 5) is 0.345.